The number of hydrogen-bond donors (Lipinski definition) is 2. The fraction of sp³-hybridized carbons (Fsp3) is 0.483. The van der Waals surface area contributed by atoms with E-state index in [2.05, 4.69) is 30.0 Å². The van der Waals surface area contributed by atoms with Gasteiger partial charge in [-0.05, 0) is 42.6 Å². The Morgan fingerprint density at radius 1 is 0.846 bits per heavy atom. The van der Waals surface area contributed by atoms with E-state index in [0.29, 0.717) is 5.56 Å². The molecule has 3 aromatic rings. The van der Waals surface area contributed by atoms with Gasteiger partial charge in [0.05, 0.1) is 44.1 Å². The molecule has 52 heavy (non-hydrogen) atoms. The third kappa shape index (κ3) is 9.13. The largest absolute Gasteiger partial charge is 0.475 e. The van der Waals surface area contributed by atoms with Crippen LogP contribution in [0.3, 0.4) is 0 Å². The molecule has 0 spiro atoms. The molecule has 1 aromatic carbocycles. The van der Waals surface area contributed by atoms with E-state index in [1.807, 2.05) is 0 Å². The Labute approximate surface area is 292 Å². The van der Waals surface area contributed by atoms with Crippen molar-refractivity contribution in [1.82, 2.24) is 19.1 Å². The molecule has 2 saturated heterocycles. The van der Waals surface area contributed by atoms with Crippen LogP contribution in [0.5, 0.6) is 5.75 Å². The predicted molar refractivity (Wildman–Crippen MR) is 177 cm³/mol. The Morgan fingerprint density at radius 2 is 1.31 bits per heavy atom. The molecule has 2 aliphatic heterocycles. The minimum absolute atomic E-state index is 0.00107. The van der Waals surface area contributed by atoms with E-state index in [-0.39, 0.29) is 36.3 Å². The summed E-state index contributed by atoms with van der Waals surface area (Å²) in [7, 11) is -4.59. The maximum Gasteiger partial charge on any atom is 0.475 e. The molecule has 4 heterocycles. The summed E-state index contributed by atoms with van der Waals surface area (Å²) in [5.74, 6) is -0.267. The van der Waals surface area contributed by atoms with E-state index < -0.39 is 86.3 Å². The number of carbonyl (C=O) groups is 1. The molecule has 5 rings (SSSR count). The lowest BCUT2D eigenvalue weighted by atomic mass is 10.1. The van der Waals surface area contributed by atoms with Gasteiger partial charge in [-0.25, -0.2) is 14.2 Å². The number of benzene rings is 1. The molecule has 23 heteroatoms. The van der Waals surface area contributed by atoms with Crippen LogP contribution >= 0.6 is 7.82 Å². The first kappa shape index (κ1) is 37.9. The van der Waals surface area contributed by atoms with Crippen molar-refractivity contribution in [2.75, 3.05) is 13.2 Å². The smallest absolute Gasteiger partial charge is 0.427 e. The van der Waals surface area contributed by atoms with Crippen molar-refractivity contribution in [1.29, 1.82) is 0 Å². The highest BCUT2D eigenvalue weighted by molar-refractivity contribution is 7.48. The van der Waals surface area contributed by atoms with Crippen molar-refractivity contribution in [3.63, 3.8) is 0 Å². The van der Waals surface area contributed by atoms with Gasteiger partial charge in [-0.2, -0.15) is 0 Å². The second-order valence-corrected chi connectivity index (χ2v) is 13.5. The van der Waals surface area contributed by atoms with Crippen LogP contribution < -0.4 is 27.2 Å². The third-order valence-electron chi connectivity index (χ3n) is 8.09. The van der Waals surface area contributed by atoms with E-state index in [9.17, 15) is 39.6 Å². The van der Waals surface area contributed by atoms with E-state index in [1.165, 1.54) is 45.3 Å². The van der Waals surface area contributed by atoms with E-state index in [1.54, 1.807) is 12.1 Å². The van der Waals surface area contributed by atoms with Gasteiger partial charge in [-0.1, -0.05) is 22.4 Å². The van der Waals surface area contributed by atoms with Crippen LogP contribution in [0.2, 0.25) is 0 Å². The number of rotatable bonds is 14. The number of aryl methyl sites for hydroxylation is 2. The van der Waals surface area contributed by atoms with Crippen molar-refractivity contribution in [3.8, 4) is 5.75 Å². The standard InChI is InChI=1S/C29H33N10O12P/c1-15-10-38(28(43)32-26(15)41)24-8-20(34-36-30)22(50-24)13-47-52(45,46-12-18-4-6-19(7-5-18)49-17(3)40)48-14-23-21(35-37-31)9-25(51-23)39-11-16(2)27(42)33-29(39)44/h4-7,10-11,20-25H,8-9,12-14H2,1-3H3,(H,32,41,43)(H,33,42,44)/t20-,21-,22+,23+,24+,25+/m0/s1. The molecule has 276 valence electrons. The zero-order chi connectivity index (χ0) is 37.6. The molecular weight excluding hydrogens is 711 g/mol. The van der Waals surface area contributed by atoms with Gasteiger partial charge in [0, 0.05) is 53.1 Å². The number of nitrogens with zero attached hydrogens (tertiary/aromatic N) is 8. The fourth-order valence-electron chi connectivity index (χ4n) is 5.46. The first-order valence-electron chi connectivity index (χ1n) is 15.6. The summed E-state index contributed by atoms with van der Waals surface area (Å²) in [5.41, 5.74) is 16.6. The van der Waals surface area contributed by atoms with E-state index in [4.69, 9.17) is 27.8 Å². The molecule has 2 aromatic heterocycles. The van der Waals surface area contributed by atoms with Gasteiger partial charge >= 0.3 is 25.2 Å². The summed E-state index contributed by atoms with van der Waals surface area (Å²) in [6.45, 7) is 2.84. The van der Waals surface area contributed by atoms with Gasteiger partial charge in [0.2, 0.25) is 0 Å². The van der Waals surface area contributed by atoms with E-state index in [0.717, 1.165) is 9.13 Å². The number of H-pyrrole nitrogens is 2. The molecule has 0 radical (unpaired) electrons. The molecule has 22 nitrogen and oxygen atoms in total. The fourth-order valence-corrected chi connectivity index (χ4v) is 6.65. The average molecular weight is 745 g/mol. The third-order valence-corrected chi connectivity index (χ3v) is 9.46. The minimum Gasteiger partial charge on any atom is -0.427 e. The van der Waals surface area contributed by atoms with Crippen LogP contribution in [0.15, 0.2) is 66.1 Å². The Morgan fingerprint density at radius 3 is 1.73 bits per heavy atom. The molecule has 2 fully saturated rings. The summed E-state index contributed by atoms with van der Waals surface area (Å²) in [5, 5.41) is 7.47. The number of nitrogens with one attached hydrogen (secondary N) is 2. The Kier molecular flexibility index (Phi) is 11.9. The van der Waals surface area contributed by atoms with E-state index >= 15 is 0 Å². The number of aromatic nitrogens is 4. The molecular formula is C29H33N10O12P. The normalized spacial score (nSPS) is 23.7. The van der Waals surface area contributed by atoms with Gasteiger partial charge in [0.15, 0.2) is 0 Å². The number of esters is 1. The topological polar surface area (TPSA) is 297 Å². The summed E-state index contributed by atoms with van der Waals surface area (Å²) in [6, 6.07) is 4.23. The van der Waals surface area contributed by atoms with Crippen LogP contribution in [0.25, 0.3) is 20.9 Å². The Balaban J connectivity index is 1.35. The lowest BCUT2D eigenvalue weighted by molar-refractivity contribution is -0.131. The lowest BCUT2D eigenvalue weighted by Gasteiger charge is -2.23. The molecule has 2 N–H and O–H groups in total. The highest BCUT2D eigenvalue weighted by Crippen LogP contribution is 2.52. The molecule has 0 amide bonds. The summed E-state index contributed by atoms with van der Waals surface area (Å²) >= 11 is 0. The first-order chi connectivity index (χ1) is 24.8. The predicted octanol–water partition coefficient (Wildman–Crippen LogP) is 2.92. The van der Waals surface area contributed by atoms with Crippen molar-refractivity contribution in [3.05, 3.63) is 116 Å². The molecule has 2 aliphatic rings. The molecule has 6 atom stereocenters. The van der Waals surface area contributed by atoms with Crippen LogP contribution in [0.1, 0.15) is 48.9 Å². The van der Waals surface area contributed by atoms with Crippen molar-refractivity contribution >= 4 is 13.8 Å². The number of hydrogen-bond acceptors (Lipinski definition) is 14. The van der Waals surface area contributed by atoms with Gasteiger partial charge in [0.1, 0.15) is 18.2 Å². The summed E-state index contributed by atoms with van der Waals surface area (Å²) < 4.78 is 50.4. The number of ether oxygens (including phenoxy) is 3. The molecule has 0 aliphatic carbocycles. The van der Waals surface area contributed by atoms with Gasteiger partial charge in [-0.15, -0.1) is 0 Å². The maximum absolute atomic E-state index is 14.2. The quantitative estimate of drug-likeness (QED) is 0.0601. The first-order valence-corrected chi connectivity index (χ1v) is 17.1. The second-order valence-electron chi connectivity index (χ2n) is 11.8. The highest BCUT2D eigenvalue weighted by atomic mass is 31.2. The second kappa shape index (κ2) is 16.4. The number of aromatic amines is 2. The van der Waals surface area contributed by atoms with Gasteiger partial charge < -0.3 is 14.2 Å². The van der Waals surface area contributed by atoms with Crippen LogP contribution in [0.4, 0.5) is 0 Å². The van der Waals surface area contributed by atoms with Crippen molar-refractivity contribution in [2.45, 2.75) is 77.0 Å². The Hall–Kier alpha value is -5.30. The summed E-state index contributed by atoms with van der Waals surface area (Å²) in [4.78, 5) is 70.1. The highest BCUT2D eigenvalue weighted by Gasteiger charge is 2.42. The Bertz CT molecular complexity index is 2070. The number of carbonyl (C=O) groups excluding carboxylic acids is 1. The molecule has 0 saturated carbocycles. The zero-order valence-electron chi connectivity index (χ0n) is 27.9. The van der Waals surface area contributed by atoms with Crippen molar-refractivity contribution < 1.29 is 37.1 Å². The average Bonchev–Trinajstić information content (AvgIpc) is 3.69. The number of phosphoric ester groups is 1. The SMILES string of the molecule is CC(=O)Oc1ccc(COP(=O)(OC[C@H]2O[C@@H](n3cc(C)c(=O)[nH]c3=O)C[C@@H]2N=[N+]=[N-])OC[C@H]2O[C@@H](n3cc(C)c(=O)[nH]c3=O)C[C@@H]2N=[N+]=[N-])cc1. The zero-order valence-corrected chi connectivity index (χ0v) is 28.8. The monoisotopic (exact) mass is 744 g/mol. The van der Waals surface area contributed by atoms with Gasteiger partial charge in [0.25, 0.3) is 11.1 Å². The van der Waals surface area contributed by atoms with Crippen LogP contribution in [0, 0.1) is 13.8 Å². The number of azide groups is 2. The van der Waals surface area contributed by atoms with Gasteiger partial charge in [-0.3, -0.25) is 47.1 Å². The lowest BCUT2D eigenvalue weighted by Crippen LogP contribution is -2.33. The number of phosphoric acid groups is 1. The minimum atomic E-state index is -4.59. The van der Waals surface area contributed by atoms with Crippen molar-refractivity contribution in [2.24, 2.45) is 10.2 Å². The molecule has 0 unspecified atom stereocenters. The van der Waals surface area contributed by atoms with Crippen LogP contribution in [-0.4, -0.2) is 62.6 Å². The van der Waals surface area contributed by atoms with Crippen LogP contribution in [-0.2, 0) is 39.0 Å². The summed E-state index contributed by atoms with van der Waals surface area (Å²) in [6.07, 6.45) is -1.52. The maximum atomic E-state index is 14.2. The molecule has 0 bridgehead atoms.